The maximum Gasteiger partial charge on any atom is 0.239 e. The molecule has 5 heteroatoms. The average Bonchev–Trinajstić information content (AvgIpc) is 2.28. The van der Waals surface area contributed by atoms with Crippen LogP contribution in [-0.4, -0.2) is 24.0 Å². The molecule has 0 saturated heterocycles. The summed E-state index contributed by atoms with van der Waals surface area (Å²) in [6.07, 6.45) is 2.66. The van der Waals surface area contributed by atoms with Crippen molar-refractivity contribution in [1.82, 2.24) is 10.3 Å². The monoisotopic (exact) mass is 285 g/mol. The summed E-state index contributed by atoms with van der Waals surface area (Å²) in [5.41, 5.74) is 1.09. The number of pyridine rings is 1. The van der Waals surface area contributed by atoms with Crippen LogP contribution in [0.25, 0.3) is 0 Å². The van der Waals surface area contributed by atoms with Gasteiger partial charge in [0.25, 0.3) is 0 Å². The Morgan fingerprint density at radius 2 is 2.31 bits per heavy atom. The molecule has 1 heterocycles. The zero-order valence-electron chi connectivity index (χ0n) is 9.51. The van der Waals surface area contributed by atoms with E-state index in [9.17, 15) is 4.79 Å². The predicted molar refractivity (Wildman–Crippen MR) is 68.5 cm³/mol. The number of nitrogens with one attached hydrogen (secondary N) is 2. The number of carbonyl (C=O) groups is 1. The highest BCUT2D eigenvalue weighted by Crippen LogP contribution is 2.22. The van der Waals surface area contributed by atoms with Crippen LogP contribution < -0.4 is 10.6 Å². The number of rotatable bonds is 5. The highest BCUT2D eigenvalue weighted by atomic mass is 79.9. The van der Waals surface area contributed by atoms with Gasteiger partial charge in [0.2, 0.25) is 5.91 Å². The Morgan fingerprint density at radius 1 is 1.56 bits per heavy atom. The van der Waals surface area contributed by atoms with Crippen molar-refractivity contribution in [3.8, 4) is 0 Å². The number of anilines is 1. The van der Waals surface area contributed by atoms with Gasteiger partial charge in [-0.2, -0.15) is 0 Å². The molecule has 2 N–H and O–H groups in total. The first kappa shape index (κ1) is 13.0. The molecule has 0 saturated carbocycles. The van der Waals surface area contributed by atoms with Crippen LogP contribution in [0.5, 0.6) is 0 Å². The number of halogens is 1. The molecule has 0 atom stereocenters. The smallest absolute Gasteiger partial charge is 0.239 e. The van der Waals surface area contributed by atoms with Gasteiger partial charge >= 0.3 is 0 Å². The number of aromatic nitrogens is 1. The topological polar surface area (TPSA) is 54.0 Å². The molecule has 1 aromatic rings. The molecule has 4 nitrogen and oxygen atoms in total. The van der Waals surface area contributed by atoms with Gasteiger partial charge in [0, 0.05) is 12.7 Å². The maximum absolute atomic E-state index is 11.4. The van der Waals surface area contributed by atoms with Crippen molar-refractivity contribution in [2.45, 2.75) is 20.3 Å². The number of amides is 1. The van der Waals surface area contributed by atoms with Crippen LogP contribution in [0, 0.1) is 6.92 Å². The number of aryl methyl sites for hydroxylation is 1. The van der Waals surface area contributed by atoms with Crippen molar-refractivity contribution in [2.24, 2.45) is 0 Å². The SMILES string of the molecule is CCCNC(=O)CNc1nccc(C)c1Br. The van der Waals surface area contributed by atoms with E-state index in [1.165, 1.54) is 0 Å². The molecule has 0 bridgehead atoms. The van der Waals surface area contributed by atoms with Crippen LogP contribution >= 0.6 is 15.9 Å². The first-order valence-electron chi connectivity index (χ1n) is 5.26. The third-order valence-electron chi connectivity index (χ3n) is 2.07. The molecule has 0 unspecified atom stereocenters. The van der Waals surface area contributed by atoms with E-state index in [1.807, 2.05) is 19.9 Å². The van der Waals surface area contributed by atoms with Crippen LogP contribution in [0.15, 0.2) is 16.7 Å². The van der Waals surface area contributed by atoms with Gasteiger partial charge in [-0.15, -0.1) is 0 Å². The molecular formula is C11H16BrN3O. The van der Waals surface area contributed by atoms with Gasteiger partial charge in [-0.3, -0.25) is 4.79 Å². The molecule has 0 aliphatic rings. The number of carbonyl (C=O) groups excluding carboxylic acids is 1. The molecule has 0 fully saturated rings. The molecule has 0 spiro atoms. The van der Waals surface area contributed by atoms with Gasteiger partial charge in [0.05, 0.1) is 11.0 Å². The van der Waals surface area contributed by atoms with Gasteiger partial charge < -0.3 is 10.6 Å². The number of nitrogens with zero attached hydrogens (tertiary/aromatic N) is 1. The zero-order valence-corrected chi connectivity index (χ0v) is 11.1. The fourth-order valence-corrected chi connectivity index (χ4v) is 1.53. The van der Waals surface area contributed by atoms with Crippen LogP contribution in [0.3, 0.4) is 0 Å². The normalized spacial score (nSPS) is 9.94. The largest absolute Gasteiger partial charge is 0.360 e. The lowest BCUT2D eigenvalue weighted by atomic mass is 10.3. The highest BCUT2D eigenvalue weighted by Gasteiger charge is 2.05. The van der Waals surface area contributed by atoms with Crippen molar-refractivity contribution in [3.05, 3.63) is 22.3 Å². The standard InChI is InChI=1S/C11H16BrN3O/c1-3-5-13-9(16)7-15-11-10(12)8(2)4-6-14-11/h4,6H,3,5,7H2,1-2H3,(H,13,16)(H,14,15). The minimum Gasteiger partial charge on any atom is -0.360 e. The second-order valence-corrected chi connectivity index (χ2v) is 4.29. The maximum atomic E-state index is 11.4. The summed E-state index contributed by atoms with van der Waals surface area (Å²) < 4.78 is 0.901. The van der Waals surface area contributed by atoms with Crippen molar-refractivity contribution in [2.75, 3.05) is 18.4 Å². The fraction of sp³-hybridized carbons (Fsp3) is 0.455. The summed E-state index contributed by atoms with van der Waals surface area (Å²) in [4.78, 5) is 15.5. The molecule has 0 aromatic carbocycles. The van der Waals surface area contributed by atoms with Crippen molar-refractivity contribution in [1.29, 1.82) is 0 Å². The van der Waals surface area contributed by atoms with Crippen molar-refractivity contribution in [3.63, 3.8) is 0 Å². The third kappa shape index (κ3) is 3.81. The van der Waals surface area contributed by atoms with E-state index in [0.29, 0.717) is 12.4 Å². The summed E-state index contributed by atoms with van der Waals surface area (Å²) in [6, 6.07) is 1.91. The van der Waals surface area contributed by atoms with Gasteiger partial charge in [0.15, 0.2) is 0 Å². The Balaban J connectivity index is 2.48. The lowest BCUT2D eigenvalue weighted by Crippen LogP contribution is -2.30. The Kier molecular flexibility index (Phi) is 5.25. The molecule has 1 aromatic heterocycles. The highest BCUT2D eigenvalue weighted by molar-refractivity contribution is 9.10. The Bertz CT molecular complexity index is 368. The first-order chi connectivity index (χ1) is 7.65. The van der Waals surface area contributed by atoms with E-state index < -0.39 is 0 Å². The molecule has 1 rings (SSSR count). The lowest BCUT2D eigenvalue weighted by molar-refractivity contribution is -0.119. The predicted octanol–water partition coefficient (Wildman–Crippen LogP) is 2.09. The summed E-state index contributed by atoms with van der Waals surface area (Å²) in [7, 11) is 0. The Labute approximate surface area is 104 Å². The molecule has 0 aliphatic carbocycles. The first-order valence-corrected chi connectivity index (χ1v) is 6.06. The van der Waals surface area contributed by atoms with Gasteiger partial charge in [-0.05, 0) is 40.9 Å². The van der Waals surface area contributed by atoms with Crippen molar-refractivity contribution >= 4 is 27.7 Å². The molecule has 88 valence electrons. The molecule has 0 radical (unpaired) electrons. The quantitative estimate of drug-likeness (QED) is 0.871. The summed E-state index contributed by atoms with van der Waals surface area (Å²) in [6.45, 7) is 4.96. The van der Waals surface area contributed by atoms with E-state index in [0.717, 1.165) is 16.5 Å². The number of hydrogen-bond donors (Lipinski definition) is 2. The second kappa shape index (κ2) is 6.48. The van der Waals surface area contributed by atoms with E-state index in [2.05, 4.69) is 31.5 Å². The second-order valence-electron chi connectivity index (χ2n) is 3.49. The fourth-order valence-electron chi connectivity index (χ4n) is 1.15. The van der Waals surface area contributed by atoms with E-state index in [4.69, 9.17) is 0 Å². The summed E-state index contributed by atoms with van der Waals surface area (Å²) in [5, 5.41) is 5.78. The molecule has 0 aliphatic heterocycles. The molecule has 16 heavy (non-hydrogen) atoms. The minimum atomic E-state index is -0.0166. The lowest BCUT2D eigenvalue weighted by Gasteiger charge is -2.09. The third-order valence-corrected chi connectivity index (χ3v) is 3.07. The van der Waals surface area contributed by atoms with E-state index >= 15 is 0 Å². The van der Waals surface area contributed by atoms with E-state index in [-0.39, 0.29) is 12.5 Å². The Hall–Kier alpha value is -1.10. The van der Waals surface area contributed by atoms with E-state index in [1.54, 1.807) is 6.20 Å². The zero-order chi connectivity index (χ0) is 12.0. The summed E-state index contributed by atoms with van der Waals surface area (Å²) in [5.74, 6) is 0.684. The molecular weight excluding hydrogens is 270 g/mol. The summed E-state index contributed by atoms with van der Waals surface area (Å²) >= 11 is 3.43. The van der Waals surface area contributed by atoms with Crippen LogP contribution in [0.4, 0.5) is 5.82 Å². The average molecular weight is 286 g/mol. The van der Waals surface area contributed by atoms with Crippen LogP contribution in [-0.2, 0) is 4.79 Å². The Morgan fingerprint density at radius 3 is 3.00 bits per heavy atom. The van der Waals surface area contributed by atoms with Crippen LogP contribution in [0.1, 0.15) is 18.9 Å². The van der Waals surface area contributed by atoms with Crippen molar-refractivity contribution < 1.29 is 4.79 Å². The van der Waals surface area contributed by atoms with Gasteiger partial charge in [0.1, 0.15) is 5.82 Å². The van der Waals surface area contributed by atoms with Gasteiger partial charge in [-0.25, -0.2) is 4.98 Å². The molecule has 1 amide bonds. The van der Waals surface area contributed by atoms with Gasteiger partial charge in [-0.1, -0.05) is 6.92 Å². The minimum absolute atomic E-state index is 0.0166. The number of hydrogen-bond acceptors (Lipinski definition) is 3. The van der Waals surface area contributed by atoms with Crippen LogP contribution in [0.2, 0.25) is 0 Å².